The van der Waals surface area contributed by atoms with E-state index in [9.17, 15) is 15.3 Å². The van der Waals surface area contributed by atoms with Crippen molar-refractivity contribution in [1.82, 2.24) is 24.5 Å². The molecule has 0 radical (unpaired) electrons. The molecular weight excluding hydrogens is 500 g/mol. The van der Waals surface area contributed by atoms with Crippen molar-refractivity contribution >= 4 is 61.9 Å². The van der Waals surface area contributed by atoms with Gasteiger partial charge in [0, 0.05) is 11.3 Å². The first-order valence-corrected chi connectivity index (χ1v) is 12.9. The van der Waals surface area contributed by atoms with E-state index in [0.29, 0.717) is 22.2 Å². The predicted molar refractivity (Wildman–Crippen MR) is 129 cm³/mol. The second-order valence-corrected chi connectivity index (χ2v) is 11.2. The molecule has 3 aromatic heterocycles. The summed E-state index contributed by atoms with van der Waals surface area (Å²) in [5.41, 5.74) is 1.86. The number of benzene rings is 1. The molecule has 1 saturated heterocycles. The van der Waals surface area contributed by atoms with Crippen molar-refractivity contribution in [1.29, 1.82) is 0 Å². The number of aliphatic hydroxyl groups is 3. The lowest BCUT2D eigenvalue weighted by Gasteiger charge is -2.36. The van der Waals surface area contributed by atoms with Crippen LogP contribution < -0.4 is 5.32 Å². The zero-order chi connectivity index (χ0) is 23.4. The number of imidazole rings is 1. The standard InChI is InChI=1S/C21H21ClN6O4S2/c22-20-26-17(14-18(27-20)28(8-23-14)19-16(31)15(30)11(7-29)32-19)24-10-5-6-13(10)34-21-25-9-3-1-2-4-12(9)33-21/h1-4,8,10-11,13,15-16,19,29-31H,5-7H2,(H,24,26,27)/t10-,11-,13-,15-,16-,19-/m1/s1. The summed E-state index contributed by atoms with van der Waals surface area (Å²) in [6, 6.07) is 8.27. The Morgan fingerprint density at radius 3 is 2.76 bits per heavy atom. The molecule has 6 rings (SSSR count). The summed E-state index contributed by atoms with van der Waals surface area (Å²) >= 11 is 9.68. The number of para-hydroxylation sites is 1. The molecule has 4 aromatic rings. The minimum atomic E-state index is -1.25. The average molecular weight is 521 g/mol. The van der Waals surface area contributed by atoms with Gasteiger partial charge in [0.15, 0.2) is 27.5 Å². The number of thioether (sulfide) groups is 1. The van der Waals surface area contributed by atoms with Crippen molar-refractivity contribution in [2.24, 2.45) is 0 Å². The fraction of sp³-hybridized carbons (Fsp3) is 0.429. The number of hydrogen-bond donors (Lipinski definition) is 4. The number of halogens is 1. The molecular formula is C21H21ClN6O4S2. The Bertz CT molecular complexity index is 1320. The summed E-state index contributed by atoms with van der Waals surface area (Å²) in [7, 11) is 0. The summed E-state index contributed by atoms with van der Waals surface area (Å²) < 4.78 is 9.35. The van der Waals surface area contributed by atoms with Crippen LogP contribution in [0.1, 0.15) is 19.1 Å². The van der Waals surface area contributed by atoms with Gasteiger partial charge >= 0.3 is 0 Å². The van der Waals surface area contributed by atoms with E-state index >= 15 is 0 Å². The van der Waals surface area contributed by atoms with E-state index in [-0.39, 0.29) is 11.3 Å². The van der Waals surface area contributed by atoms with Crippen molar-refractivity contribution in [3.8, 4) is 0 Å². The average Bonchev–Trinajstić information content (AvgIpc) is 3.50. The Labute approximate surface area is 207 Å². The molecule has 0 bridgehead atoms. The lowest BCUT2D eigenvalue weighted by atomic mass is 9.92. The van der Waals surface area contributed by atoms with E-state index in [1.54, 1.807) is 23.1 Å². The highest BCUT2D eigenvalue weighted by molar-refractivity contribution is 8.01. The molecule has 0 unspecified atom stereocenters. The van der Waals surface area contributed by atoms with Gasteiger partial charge in [-0.15, -0.1) is 11.3 Å². The van der Waals surface area contributed by atoms with Gasteiger partial charge in [0.2, 0.25) is 5.28 Å². The highest BCUT2D eigenvalue weighted by Crippen LogP contribution is 2.41. The lowest BCUT2D eigenvalue weighted by Crippen LogP contribution is -2.41. The van der Waals surface area contributed by atoms with Crippen LogP contribution in [0.3, 0.4) is 0 Å². The van der Waals surface area contributed by atoms with Gasteiger partial charge in [-0.05, 0) is 36.6 Å². The summed E-state index contributed by atoms with van der Waals surface area (Å²) in [6.07, 6.45) is -0.837. The number of aromatic nitrogens is 5. The van der Waals surface area contributed by atoms with Crippen LogP contribution in [0.25, 0.3) is 21.4 Å². The number of thiazole rings is 1. The Hall–Kier alpha value is -2.06. The van der Waals surface area contributed by atoms with Gasteiger partial charge in [0.05, 0.1) is 23.2 Å². The van der Waals surface area contributed by atoms with Crippen molar-refractivity contribution < 1.29 is 20.1 Å². The maximum Gasteiger partial charge on any atom is 0.226 e. The summed E-state index contributed by atoms with van der Waals surface area (Å²) in [4.78, 5) is 17.8. The van der Waals surface area contributed by atoms with E-state index in [0.717, 1.165) is 22.7 Å². The molecule has 0 amide bonds. The number of rotatable bonds is 6. The number of nitrogens with zero attached hydrogens (tertiary/aromatic N) is 5. The minimum absolute atomic E-state index is 0.0261. The maximum atomic E-state index is 10.4. The van der Waals surface area contributed by atoms with Gasteiger partial charge in [-0.2, -0.15) is 9.97 Å². The second-order valence-electron chi connectivity index (χ2n) is 8.33. The van der Waals surface area contributed by atoms with Crippen molar-refractivity contribution in [2.75, 3.05) is 11.9 Å². The molecule has 4 heterocycles. The predicted octanol–water partition coefficient (Wildman–Crippen LogP) is 2.44. The third-order valence-electron chi connectivity index (χ3n) is 6.24. The van der Waals surface area contributed by atoms with Gasteiger partial charge < -0.3 is 25.4 Å². The minimum Gasteiger partial charge on any atom is -0.394 e. The maximum absolute atomic E-state index is 10.4. The van der Waals surface area contributed by atoms with Gasteiger partial charge in [0.25, 0.3) is 0 Å². The highest BCUT2D eigenvalue weighted by Gasteiger charge is 2.44. The lowest BCUT2D eigenvalue weighted by molar-refractivity contribution is -0.0511. The monoisotopic (exact) mass is 520 g/mol. The Morgan fingerprint density at radius 1 is 1.18 bits per heavy atom. The van der Waals surface area contributed by atoms with Gasteiger partial charge in [0.1, 0.15) is 18.3 Å². The zero-order valence-electron chi connectivity index (χ0n) is 17.7. The SMILES string of the molecule is OC[C@H]1O[C@@H](n2cnc3c(N[C@@H]4CC[C@H]4Sc4nc5ccccc5s4)nc(Cl)nc32)[C@H](O)[C@@H]1O. The number of fused-ring (bicyclic) bond motifs is 2. The van der Waals surface area contributed by atoms with Crippen LogP contribution in [-0.4, -0.2) is 76.0 Å². The van der Waals surface area contributed by atoms with Gasteiger partial charge in [-0.3, -0.25) is 4.57 Å². The molecule has 2 aliphatic rings. The van der Waals surface area contributed by atoms with Crippen molar-refractivity contribution in [2.45, 2.75) is 53.0 Å². The highest BCUT2D eigenvalue weighted by atomic mass is 35.5. The molecule has 1 aliphatic carbocycles. The summed E-state index contributed by atoms with van der Waals surface area (Å²) in [6.45, 7) is -0.417. The van der Waals surface area contributed by atoms with Crippen LogP contribution in [0.2, 0.25) is 5.28 Å². The topological polar surface area (TPSA) is 138 Å². The number of anilines is 1. The van der Waals surface area contributed by atoms with E-state index in [1.165, 1.54) is 15.6 Å². The molecule has 178 valence electrons. The normalized spacial score (nSPS) is 29.1. The van der Waals surface area contributed by atoms with Crippen LogP contribution in [0.4, 0.5) is 5.82 Å². The first kappa shape index (κ1) is 22.4. The van der Waals surface area contributed by atoms with Crippen LogP contribution in [0.5, 0.6) is 0 Å². The molecule has 1 aromatic carbocycles. The molecule has 13 heteroatoms. The van der Waals surface area contributed by atoms with Crippen molar-refractivity contribution in [3.05, 3.63) is 35.9 Å². The fourth-order valence-corrected chi connectivity index (χ4v) is 7.00. The first-order valence-electron chi connectivity index (χ1n) is 10.8. The molecule has 0 spiro atoms. The second kappa shape index (κ2) is 8.86. The number of aliphatic hydroxyl groups excluding tert-OH is 3. The Balaban J connectivity index is 1.24. The molecule has 10 nitrogen and oxygen atoms in total. The number of ether oxygens (including phenoxy) is 1. The van der Waals surface area contributed by atoms with Crippen LogP contribution in [-0.2, 0) is 4.74 Å². The van der Waals surface area contributed by atoms with E-state index in [1.807, 2.05) is 18.2 Å². The van der Waals surface area contributed by atoms with Crippen LogP contribution in [0, 0.1) is 0 Å². The molecule has 2 fully saturated rings. The third-order valence-corrected chi connectivity index (χ3v) is 8.94. The summed E-state index contributed by atoms with van der Waals surface area (Å²) in [5, 5.41) is 33.7. The molecule has 6 atom stereocenters. The first-order chi connectivity index (χ1) is 16.5. The number of nitrogens with one attached hydrogen (secondary N) is 1. The molecule has 34 heavy (non-hydrogen) atoms. The third kappa shape index (κ3) is 3.83. The van der Waals surface area contributed by atoms with E-state index in [2.05, 4.69) is 26.3 Å². The Kier molecular flexibility index (Phi) is 5.84. The zero-order valence-corrected chi connectivity index (χ0v) is 20.0. The quantitative estimate of drug-likeness (QED) is 0.280. The fourth-order valence-electron chi connectivity index (χ4n) is 4.27. The van der Waals surface area contributed by atoms with Crippen LogP contribution >= 0.6 is 34.7 Å². The largest absolute Gasteiger partial charge is 0.394 e. The van der Waals surface area contributed by atoms with Gasteiger partial charge in [-0.25, -0.2) is 9.97 Å². The molecule has 4 N–H and O–H groups in total. The van der Waals surface area contributed by atoms with Crippen molar-refractivity contribution in [3.63, 3.8) is 0 Å². The van der Waals surface area contributed by atoms with E-state index < -0.39 is 31.1 Å². The van der Waals surface area contributed by atoms with Gasteiger partial charge in [-0.1, -0.05) is 23.9 Å². The van der Waals surface area contributed by atoms with E-state index in [4.69, 9.17) is 21.3 Å². The molecule has 1 aliphatic heterocycles. The smallest absolute Gasteiger partial charge is 0.226 e. The summed E-state index contributed by atoms with van der Waals surface area (Å²) in [5.74, 6) is 0.500. The molecule has 1 saturated carbocycles. The Morgan fingerprint density at radius 2 is 2.03 bits per heavy atom. The number of hydrogen-bond acceptors (Lipinski definition) is 11. The van der Waals surface area contributed by atoms with Crippen LogP contribution in [0.15, 0.2) is 34.9 Å².